The minimum Gasteiger partial charge on any atom is -0.481 e. The molecule has 0 aromatic rings. The fourth-order valence-corrected chi connectivity index (χ4v) is 18.5. The molecule has 8 aliphatic carbocycles. The van der Waals surface area contributed by atoms with Crippen LogP contribution < -0.4 is 0 Å². The maximum absolute atomic E-state index is 13.0. The number of aliphatic hydroxyl groups is 4. The molecule has 0 aromatic heterocycles. The summed E-state index contributed by atoms with van der Waals surface area (Å²) in [6, 6.07) is 0. The highest BCUT2D eigenvalue weighted by molar-refractivity contribution is 5.67. The molecule has 8 saturated carbocycles. The molecule has 0 aliphatic heterocycles. The standard InChI is InChI=1S/C48H78O8/c1-26(7-12-40(52)53)31-8-10-33-42-36(14-17-46(31,33)5)45(4)19-20-48(56,25-29(45)23-39(42)51)37(24-41(54)55)27(2)32-9-11-34-43-35(15-18-47(32,34)6)44(3)16-13-30(49)21-28(44)22-38(43)50/h26-39,42-43,49-51,56H,7-25H2,1-6H3,(H,52,53)(H,54,55)/t26-,27+,28?,29?,30+,31-,32-,33?,34+,35+,36?,37?,38+,39-,42?,43+,44+,45+,46-,47-,48+/m1/s1. The van der Waals surface area contributed by atoms with Crippen LogP contribution in [0.25, 0.3) is 0 Å². The molecule has 8 aliphatic rings. The van der Waals surface area contributed by atoms with Gasteiger partial charge in [-0.25, -0.2) is 0 Å². The monoisotopic (exact) mass is 783 g/mol. The van der Waals surface area contributed by atoms with Crippen LogP contribution >= 0.6 is 0 Å². The van der Waals surface area contributed by atoms with Crippen molar-refractivity contribution in [2.24, 2.45) is 98.6 Å². The molecule has 318 valence electrons. The average molecular weight is 783 g/mol. The van der Waals surface area contributed by atoms with Crippen molar-refractivity contribution in [1.82, 2.24) is 0 Å². The summed E-state index contributed by atoms with van der Waals surface area (Å²) >= 11 is 0. The second-order valence-corrected chi connectivity index (χ2v) is 23.3. The van der Waals surface area contributed by atoms with Gasteiger partial charge in [-0.3, -0.25) is 9.59 Å². The average Bonchev–Trinajstić information content (AvgIpc) is 3.67. The Balaban J connectivity index is 1.00. The van der Waals surface area contributed by atoms with E-state index in [0.29, 0.717) is 67.1 Å². The van der Waals surface area contributed by atoms with Gasteiger partial charge in [-0.05, 0) is 202 Å². The van der Waals surface area contributed by atoms with Gasteiger partial charge in [-0.15, -0.1) is 0 Å². The quantitative estimate of drug-likeness (QED) is 0.136. The number of carbonyl (C=O) groups is 2. The summed E-state index contributed by atoms with van der Waals surface area (Å²) in [5, 5.41) is 67.3. The van der Waals surface area contributed by atoms with E-state index in [4.69, 9.17) is 0 Å². The lowest BCUT2D eigenvalue weighted by Gasteiger charge is -2.64. The van der Waals surface area contributed by atoms with Crippen LogP contribution in [0.3, 0.4) is 0 Å². The number of aliphatic carboxylic acids is 2. The first kappa shape index (κ1) is 41.5. The number of aliphatic hydroxyl groups excluding tert-OH is 3. The summed E-state index contributed by atoms with van der Waals surface area (Å²) in [4.78, 5) is 24.2. The van der Waals surface area contributed by atoms with E-state index < -0.39 is 23.6 Å². The Morgan fingerprint density at radius 1 is 0.607 bits per heavy atom. The third kappa shape index (κ3) is 6.31. The third-order valence-electron chi connectivity index (χ3n) is 21.4. The van der Waals surface area contributed by atoms with E-state index in [9.17, 15) is 40.2 Å². The maximum atomic E-state index is 13.0. The summed E-state index contributed by atoms with van der Waals surface area (Å²) in [6.45, 7) is 14.3. The highest BCUT2D eigenvalue weighted by Crippen LogP contribution is 2.72. The number of carboxylic acids is 2. The molecule has 0 aromatic carbocycles. The predicted molar refractivity (Wildman–Crippen MR) is 215 cm³/mol. The fraction of sp³-hybridized carbons (Fsp3) is 0.958. The molecule has 0 radical (unpaired) electrons. The first-order chi connectivity index (χ1) is 26.3. The molecule has 8 rings (SSSR count). The molecule has 6 unspecified atom stereocenters. The normalized spacial score (nSPS) is 53.9. The van der Waals surface area contributed by atoms with Crippen molar-refractivity contribution in [3.05, 3.63) is 0 Å². The largest absolute Gasteiger partial charge is 0.481 e. The Morgan fingerprint density at radius 2 is 1.12 bits per heavy atom. The summed E-state index contributed by atoms with van der Waals surface area (Å²) in [5.41, 5.74) is -0.853. The lowest BCUT2D eigenvalue weighted by atomic mass is 9.42. The van der Waals surface area contributed by atoms with Gasteiger partial charge in [0.2, 0.25) is 0 Å². The van der Waals surface area contributed by atoms with Crippen LogP contribution in [0.5, 0.6) is 0 Å². The number of fused-ring (bicyclic) bond motifs is 10. The molecule has 56 heavy (non-hydrogen) atoms. The zero-order valence-electron chi connectivity index (χ0n) is 35.7. The highest BCUT2D eigenvalue weighted by Gasteiger charge is 2.67. The van der Waals surface area contributed by atoms with Crippen LogP contribution in [0.1, 0.15) is 164 Å². The molecule has 6 N–H and O–H groups in total. The molecule has 0 bridgehead atoms. The third-order valence-corrected chi connectivity index (χ3v) is 21.4. The lowest BCUT2D eigenvalue weighted by molar-refractivity contribution is -0.206. The molecular formula is C48H78O8. The minimum atomic E-state index is -1.10. The van der Waals surface area contributed by atoms with Gasteiger partial charge in [0, 0.05) is 12.3 Å². The van der Waals surface area contributed by atoms with Crippen molar-refractivity contribution < 1.29 is 40.2 Å². The van der Waals surface area contributed by atoms with E-state index >= 15 is 0 Å². The fourth-order valence-electron chi connectivity index (χ4n) is 18.5. The number of hydrogen-bond acceptors (Lipinski definition) is 6. The molecular weight excluding hydrogens is 705 g/mol. The molecule has 8 heteroatoms. The van der Waals surface area contributed by atoms with Crippen molar-refractivity contribution in [3.8, 4) is 0 Å². The summed E-state index contributed by atoms with van der Waals surface area (Å²) < 4.78 is 0. The van der Waals surface area contributed by atoms with Crippen molar-refractivity contribution in [3.63, 3.8) is 0 Å². The predicted octanol–water partition coefficient (Wildman–Crippen LogP) is 8.57. The van der Waals surface area contributed by atoms with Gasteiger partial charge in [0.1, 0.15) is 0 Å². The van der Waals surface area contributed by atoms with E-state index in [1.54, 1.807) is 0 Å². The van der Waals surface area contributed by atoms with Crippen LogP contribution in [-0.2, 0) is 9.59 Å². The molecule has 8 fully saturated rings. The number of carboxylic acid groups (broad SMARTS) is 2. The van der Waals surface area contributed by atoms with Gasteiger partial charge in [-0.1, -0.05) is 41.5 Å². The Hall–Kier alpha value is -1.22. The molecule has 0 saturated heterocycles. The zero-order chi connectivity index (χ0) is 40.3. The SMILES string of the molecule is C[C@H](CCC(=O)O)[C@H]1CCC2C3C(CC[C@@]21C)[C@@]1(C)CC[C@@](O)(C(CC(=O)O)[C@@H](C)[C@H]2CC[C@H]4[C@@H]5[C@@H](O)CC6C[C@@H](O)CC[C@]6(C)[C@H]5CC[C@]24C)CC1C[C@H]3O. The molecule has 21 atom stereocenters. The van der Waals surface area contributed by atoms with Crippen molar-refractivity contribution in [2.45, 2.75) is 187 Å². The lowest BCUT2D eigenvalue weighted by Crippen LogP contribution is -2.61. The summed E-state index contributed by atoms with van der Waals surface area (Å²) in [6.07, 6.45) is 14.7. The Kier molecular flexibility index (Phi) is 10.7. The van der Waals surface area contributed by atoms with Crippen LogP contribution in [0.4, 0.5) is 0 Å². The van der Waals surface area contributed by atoms with Crippen molar-refractivity contribution >= 4 is 11.9 Å². The maximum Gasteiger partial charge on any atom is 0.303 e. The smallest absolute Gasteiger partial charge is 0.303 e. The first-order valence-corrected chi connectivity index (χ1v) is 23.5. The Labute approximate surface area is 337 Å². The molecule has 0 heterocycles. The van der Waals surface area contributed by atoms with Gasteiger partial charge in [0.05, 0.1) is 30.3 Å². The zero-order valence-corrected chi connectivity index (χ0v) is 35.7. The van der Waals surface area contributed by atoms with Crippen molar-refractivity contribution in [2.75, 3.05) is 0 Å². The van der Waals surface area contributed by atoms with Crippen LogP contribution in [0.15, 0.2) is 0 Å². The van der Waals surface area contributed by atoms with Gasteiger partial charge in [0.25, 0.3) is 0 Å². The van der Waals surface area contributed by atoms with E-state index in [-0.39, 0.29) is 82.2 Å². The second kappa shape index (κ2) is 14.5. The van der Waals surface area contributed by atoms with Gasteiger partial charge >= 0.3 is 11.9 Å². The Morgan fingerprint density at radius 3 is 1.71 bits per heavy atom. The van der Waals surface area contributed by atoms with E-state index in [1.165, 1.54) is 0 Å². The van der Waals surface area contributed by atoms with Crippen LogP contribution in [0.2, 0.25) is 0 Å². The van der Waals surface area contributed by atoms with E-state index in [0.717, 1.165) is 83.5 Å². The topological polar surface area (TPSA) is 156 Å². The molecule has 8 nitrogen and oxygen atoms in total. The molecule has 0 amide bonds. The summed E-state index contributed by atoms with van der Waals surface area (Å²) in [5.74, 6) is 1.85. The van der Waals surface area contributed by atoms with E-state index in [2.05, 4.69) is 41.5 Å². The second-order valence-electron chi connectivity index (χ2n) is 23.3. The van der Waals surface area contributed by atoms with Crippen molar-refractivity contribution in [1.29, 1.82) is 0 Å². The number of rotatable bonds is 9. The van der Waals surface area contributed by atoms with Gasteiger partial charge < -0.3 is 30.6 Å². The van der Waals surface area contributed by atoms with E-state index in [1.807, 2.05) is 0 Å². The Bertz CT molecular complexity index is 1500. The highest BCUT2D eigenvalue weighted by atomic mass is 16.4. The first-order valence-electron chi connectivity index (χ1n) is 23.5. The van der Waals surface area contributed by atoms with Gasteiger partial charge in [-0.2, -0.15) is 0 Å². The van der Waals surface area contributed by atoms with Crippen LogP contribution in [-0.4, -0.2) is 66.5 Å². The number of hydrogen-bond donors (Lipinski definition) is 6. The van der Waals surface area contributed by atoms with Gasteiger partial charge in [0.15, 0.2) is 0 Å². The van der Waals surface area contributed by atoms with Crippen LogP contribution in [0, 0.1) is 98.6 Å². The minimum absolute atomic E-state index is 0.00938. The molecule has 0 spiro atoms. The summed E-state index contributed by atoms with van der Waals surface area (Å²) in [7, 11) is 0.